The molecule has 34 heavy (non-hydrogen) atoms. The minimum Gasteiger partial charge on any atom is -0.365 e. The monoisotopic (exact) mass is 507 g/mol. The van der Waals surface area contributed by atoms with Gasteiger partial charge in [-0.05, 0) is 50.8 Å². The molecule has 0 radical (unpaired) electrons. The molecule has 3 aliphatic rings. The van der Waals surface area contributed by atoms with Gasteiger partial charge in [0.05, 0.1) is 23.8 Å². The van der Waals surface area contributed by atoms with Gasteiger partial charge in [0.25, 0.3) is 0 Å². The van der Waals surface area contributed by atoms with E-state index >= 15 is 0 Å². The number of amides is 2. The van der Waals surface area contributed by atoms with Gasteiger partial charge in [-0.25, -0.2) is 9.18 Å². The molecule has 6 atom stereocenters. The van der Waals surface area contributed by atoms with Crippen LogP contribution in [0.2, 0.25) is 5.02 Å². The van der Waals surface area contributed by atoms with Crippen LogP contribution in [0.25, 0.3) is 0 Å². The number of halogens is 5. The Balaban J connectivity index is 1.44. The second kappa shape index (κ2) is 10.2. The van der Waals surface area contributed by atoms with Crippen molar-refractivity contribution >= 4 is 23.3 Å². The molecule has 11 heteroatoms. The van der Waals surface area contributed by atoms with Crippen molar-refractivity contribution < 1.29 is 31.8 Å². The number of alkyl halides is 3. The normalized spacial score (nSPS) is 34.2. The minimum atomic E-state index is -4.46. The number of hydrogen-bond donors (Lipinski definition) is 3. The molecule has 0 spiro atoms. The number of benzene rings is 1. The van der Waals surface area contributed by atoms with E-state index in [0.717, 1.165) is 18.9 Å². The van der Waals surface area contributed by atoms with Crippen LogP contribution in [0.5, 0.6) is 0 Å². The number of rotatable bonds is 5. The molecule has 6 nitrogen and oxygen atoms in total. The predicted molar refractivity (Wildman–Crippen MR) is 119 cm³/mol. The van der Waals surface area contributed by atoms with Gasteiger partial charge in [-0.2, -0.15) is 13.2 Å². The van der Waals surface area contributed by atoms with E-state index in [9.17, 15) is 22.4 Å². The number of nitrogens with one attached hydrogen (secondary N) is 3. The van der Waals surface area contributed by atoms with E-state index in [1.165, 1.54) is 12.1 Å². The molecule has 1 saturated carbocycles. The average molecular weight is 508 g/mol. The van der Waals surface area contributed by atoms with Crippen molar-refractivity contribution in [1.29, 1.82) is 0 Å². The van der Waals surface area contributed by atoms with Crippen molar-refractivity contribution in [2.24, 2.45) is 5.92 Å². The van der Waals surface area contributed by atoms with Gasteiger partial charge >= 0.3 is 12.2 Å². The van der Waals surface area contributed by atoms with Crippen molar-refractivity contribution in [2.45, 2.75) is 88.1 Å². The molecule has 0 aromatic heterocycles. The third kappa shape index (κ3) is 5.29. The second-order valence-electron chi connectivity index (χ2n) is 9.45. The van der Waals surface area contributed by atoms with Gasteiger partial charge in [0, 0.05) is 24.1 Å². The van der Waals surface area contributed by atoms with Gasteiger partial charge in [-0.15, -0.1) is 0 Å². The first-order valence-corrected chi connectivity index (χ1v) is 12.1. The molecule has 4 rings (SSSR count). The van der Waals surface area contributed by atoms with Crippen LogP contribution >= 0.6 is 11.6 Å². The van der Waals surface area contributed by atoms with Crippen LogP contribution in [0.4, 0.5) is 28.0 Å². The number of piperidine rings is 1. The molecule has 2 amide bonds. The van der Waals surface area contributed by atoms with Crippen LogP contribution in [0.15, 0.2) is 18.2 Å². The maximum Gasteiger partial charge on any atom is 0.417 e. The van der Waals surface area contributed by atoms with Crippen molar-refractivity contribution in [3.63, 3.8) is 0 Å². The molecule has 3 fully saturated rings. The summed E-state index contributed by atoms with van der Waals surface area (Å²) < 4.78 is 67.1. The molecule has 2 aliphatic heterocycles. The van der Waals surface area contributed by atoms with Crippen LogP contribution in [-0.4, -0.2) is 48.8 Å². The summed E-state index contributed by atoms with van der Waals surface area (Å²) in [4.78, 5) is 12.6. The summed E-state index contributed by atoms with van der Waals surface area (Å²) in [6.45, 7) is 2.06. The van der Waals surface area contributed by atoms with Crippen molar-refractivity contribution in [1.82, 2.24) is 10.6 Å². The van der Waals surface area contributed by atoms with E-state index in [-0.39, 0.29) is 29.8 Å². The van der Waals surface area contributed by atoms with Gasteiger partial charge in [-0.3, -0.25) is 5.32 Å². The molecule has 1 aromatic carbocycles. The molecule has 1 aliphatic carbocycles. The second-order valence-corrected chi connectivity index (χ2v) is 9.86. The number of ether oxygens (including phenoxy) is 2. The lowest BCUT2D eigenvalue weighted by molar-refractivity contribution is -0.358. The Morgan fingerprint density at radius 1 is 1.24 bits per heavy atom. The molecule has 2 heterocycles. The molecule has 1 aromatic rings. The Labute approximate surface area is 201 Å². The van der Waals surface area contributed by atoms with E-state index in [4.69, 9.17) is 21.1 Å². The fourth-order valence-corrected chi connectivity index (χ4v) is 5.40. The summed E-state index contributed by atoms with van der Waals surface area (Å²) in [5.74, 6) is -1.45. The third-order valence-electron chi connectivity index (χ3n) is 7.15. The number of urea groups is 1. The summed E-state index contributed by atoms with van der Waals surface area (Å²) in [5, 5.41) is 8.62. The highest BCUT2D eigenvalue weighted by atomic mass is 35.5. The maximum atomic E-state index is 14.0. The van der Waals surface area contributed by atoms with E-state index in [1.807, 2.05) is 6.92 Å². The van der Waals surface area contributed by atoms with Gasteiger partial charge < -0.3 is 20.1 Å². The van der Waals surface area contributed by atoms with E-state index < -0.39 is 47.9 Å². The zero-order valence-corrected chi connectivity index (χ0v) is 19.6. The van der Waals surface area contributed by atoms with Crippen LogP contribution in [0.1, 0.15) is 51.9 Å². The molecule has 0 bridgehead atoms. The zero-order chi connectivity index (χ0) is 24.5. The molecular weight excluding hydrogens is 478 g/mol. The number of carbonyl (C=O) groups is 1. The summed E-state index contributed by atoms with van der Waals surface area (Å²) in [6, 6.07) is 2.96. The number of carbonyl (C=O) groups excluding carboxylic acids is 1. The Hall–Kier alpha value is -1.62. The standard InChI is InChI=1S/C23H30ClF4N3O3/c1-13-6-9-18(31-21(32)30-14-7-8-16(24)17(25)12-14)20(29-13)34-19-5-3-2-4-15(19)22(10-11-33-22)23(26,27)28/h7-8,12-13,15,18-20,29H,2-6,9-11H2,1H3,(H2,30,31,32)/t13?,15?,18?,19-,20?,22-/m1/s1. The third-order valence-corrected chi connectivity index (χ3v) is 7.46. The maximum absolute atomic E-state index is 14.0. The highest BCUT2D eigenvalue weighted by Crippen LogP contribution is 2.52. The molecule has 3 N–H and O–H groups in total. The van der Waals surface area contributed by atoms with Crippen molar-refractivity contribution in [3.05, 3.63) is 29.0 Å². The lowest BCUT2D eigenvalue weighted by Crippen LogP contribution is -2.65. The largest absolute Gasteiger partial charge is 0.417 e. The van der Waals surface area contributed by atoms with E-state index in [0.29, 0.717) is 25.7 Å². The summed E-state index contributed by atoms with van der Waals surface area (Å²) in [6.07, 6.45) is -2.13. The van der Waals surface area contributed by atoms with Crippen LogP contribution in [0, 0.1) is 11.7 Å². The first-order chi connectivity index (χ1) is 16.1. The van der Waals surface area contributed by atoms with E-state index in [2.05, 4.69) is 16.0 Å². The van der Waals surface area contributed by atoms with Gasteiger partial charge in [-0.1, -0.05) is 24.4 Å². The lowest BCUT2D eigenvalue weighted by Gasteiger charge is -2.52. The van der Waals surface area contributed by atoms with Gasteiger partial charge in [0.1, 0.15) is 12.0 Å². The Bertz CT molecular complexity index is 884. The SMILES string of the molecule is CC1CCC(NC(=O)Nc2ccc(Cl)c(F)c2)C(O[C@@H]2CCCCC2[C@@]2(C(F)(F)F)CCO2)N1. The Kier molecular flexibility index (Phi) is 7.61. The number of anilines is 1. The van der Waals surface area contributed by atoms with Crippen LogP contribution in [-0.2, 0) is 9.47 Å². The van der Waals surface area contributed by atoms with Gasteiger partial charge in [0.15, 0.2) is 5.60 Å². The molecule has 4 unspecified atom stereocenters. The summed E-state index contributed by atoms with van der Waals surface area (Å²) >= 11 is 5.68. The molecule has 190 valence electrons. The number of hydrogen-bond acceptors (Lipinski definition) is 4. The first kappa shape index (κ1) is 25.5. The Morgan fingerprint density at radius 2 is 1.97 bits per heavy atom. The quantitative estimate of drug-likeness (QED) is 0.469. The fourth-order valence-electron chi connectivity index (χ4n) is 5.28. The van der Waals surface area contributed by atoms with Crippen LogP contribution < -0.4 is 16.0 Å². The topological polar surface area (TPSA) is 71.6 Å². The lowest BCUT2D eigenvalue weighted by atomic mass is 9.70. The van der Waals surface area contributed by atoms with Crippen LogP contribution in [0.3, 0.4) is 0 Å². The minimum absolute atomic E-state index is 0.0565. The average Bonchev–Trinajstić information content (AvgIpc) is 2.72. The zero-order valence-electron chi connectivity index (χ0n) is 18.9. The predicted octanol–water partition coefficient (Wildman–Crippen LogP) is 5.36. The van der Waals surface area contributed by atoms with Crippen molar-refractivity contribution in [2.75, 3.05) is 11.9 Å². The first-order valence-electron chi connectivity index (χ1n) is 11.7. The van der Waals surface area contributed by atoms with E-state index in [1.54, 1.807) is 0 Å². The molecular formula is C23H30ClF4N3O3. The molecule has 2 saturated heterocycles. The highest BCUT2D eigenvalue weighted by Gasteiger charge is 2.66. The highest BCUT2D eigenvalue weighted by molar-refractivity contribution is 6.30. The summed E-state index contributed by atoms with van der Waals surface area (Å²) in [5.41, 5.74) is -1.92. The van der Waals surface area contributed by atoms with Gasteiger partial charge in [0.2, 0.25) is 0 Å². The summed E-state index contributed by atoms with van der Waals surface area (Å²) in [7, 11) is 0. The van der Waals surface area contributed by atoms with Crippen molar-refractivity contribution in [3.8, 4) is 0 Å². The smallest absolute Gasteiger partial charge is 0.365 e. The fraction of sp³-hybridized carbons (Fsp3) is 0.696. The Morgan fingerprint density at radius 3 is 2.62 bits per heavy atom.